The lowest BCUT2D eigenvalue weighted by Gasteiger charge is -2.11. The molecule has 0 aromatic carbocycles. The molecule has 1 fully saturated rings. The summed E-state index contributed by atoms with van der Waals surface area (Å²) in [6.07, 6.45) is 0. The van der Waals surface area contributed by atoms with E-state index in [1.807, 2.05) is 6.92 Å². The first kappa shape index (κ1) is 10.2. The van der Waals surface area contributed by atoms with Crippen molar-refractivity contribution in [2.24, 2.45) is 0 Å². The topological polar surface area (TPSA) is 66.5 Å². The summed E-state index contributed by atoms with van der Waals surface area (Å²) in [6.45, 7) is 2.31. The average Bonchev–Trinajstić information content (AvgIpc) is 2.41. The van der Waals surface area contributed by atoms with Gasteiger partial charge in [-0.25, -0.2) is 4.79 Å². The van der Waals surface area contributed by atoms with E-state index in [9.17, 15) is 13.8 Å². The van der Waals surface area contributed by atoms with Crippen LogP contribution >= 0.6 is 0 Å². The van der Waals surface area contributed by atoms with Gasteiger partial charge in [0.25, 0.3) is 0 Å². The van der Waals surface area contributed by atoms with Crippen LogP contribution in [0.1, 0.15) is 6.92 Å². The fourth-order valence-corrected chi connectivity index (χ4v) is 1.73. The molecule has 1 N–H and O–H groups in total. The van der Waals surface area contributed by atoms with Gasteiger partial charge in [-0.1, -0.05) is 6.92 Å². The Balaban J connectivity index is 2.33. The zero-order valence-corrected chi connectivity index (χ0v) is 8.23. The van der Waals surface area contributed by atoms with Crippen LogP contribution < -0.4 is 5.32 Å². The van der Waals surface area contributed by atoms with E-state index in [1.54, 1.807) is 0 Å². The molecule has 3 amide bonds. The van der Waals surface area contributed by atoms with E-state index in [-0.39, 0.29) is 18.5 Å². The van der Waals surface area contributed by atoms with Gasteiger partial charge >= 0.3 is 6.03 Å². The van der Waals surface area contributed by atoms with Crippen molar-refractivity contribution in [1.82, 2.24) is 10.2 Å². The Labute approximate surface area is 78.9 Å². The van der Waals surface area contributed by atoms with Crippen molar-refractivity contribution < 1.29 is 13.8 Å². The monoisotopic (exact) mass is 204 g/mol. The lowest BCUT2D eigenvalue weighted by Crippen LogP contribution is -2.31. The second-order valence-corrected chi connectivity index (χ2v) is 4.57. The second kappa shape index (κ2) is 4.36. The molecule has 13 heavy (non-hydrogen) atoms. The molecule has 74 valence electrons. The van der Waals surface area contributed by atoms with Gasteiger partial charge in [0, 0.05) is 28.9 Å². The minimum Gasteiger partial charge on any atom is -0.314 e. The average molecular weight is 204 g/mol. The molecule has 0 saturated carbocycles. The molecular formula is C7H12N2O3S. The first-order chi connectivity index (χ1) is 6.13. The molecule has 0 aromatic rings. The van der Waals surface area contributed by atoms with Crippen LogP contribution in [-0.4, -0.2) is 45.6 Å². The molecule has 0 aliphatic carbocycles. The fraction of sp³-hybridized carbons (Fsp3) is 0.714. The molecule has 0 spiro atoms. The molecule has 1 heterocycles. The lowest BCUT2D eigenvalue weighted by atomic mass is 10.5. The molecule has 0 bridgehead atoms. The summed E-state index contributed by atoms with van der Waals surface area (Å²) < 4.78 is 11.0. The molecule has 1 atom stereocenters. The van der Waals surface area contributed by atoms with Crippen molar-refractivity contribution >= 4 is 22.7 Å². The summed E-state index contributed by atoms with van der Waals surface area (Å²) in [5, 5.41) is 2.16. The van der Waals surface area contributed by atoms with Crippen LogP contribution in [0.15, 0.2) is 0 Å². The summed E-state index contributed by atoms with van der Waals surface area (Å²) in [5.74, 6) is 0.743. The SMILES string of the molecule is CCS(=O)CCN1CC(=O)NC1=O. The van der Waals surface area contributed by atoms with Crippen LogP contribution in [0, 0.1) is 0 Å². The number of nitrogens with one attached hydrogen (secondary N) is 1. The lowest BCUT2D eigenvalue weighted by molar-refractivity contribution is -0.118. The molecule has 0 aromatic heterocycles. The van der Waals surface area contributed by atoms with Crippen molar-refractivity contribution in [2.45, 2.75) is 6.92 Å². The molecule has 1 aliphatic heterocycles. The highest BCUT2D eigenvalue weighted by atomic mass is 32.2. The number of rotatable bonds is 4. The predicted molar refractivity (Wildman–Crippen MR) is 48.7 cm³/mol. The number of urea groups is 1. The number of hydrogen-bond acceptors (Lipinski definition) is 3. The Morgan fingerprint density at radius 2 is 2.23 bits per heavy atom. The van der Waals surface area contributed by atoms with Crippen molar-refractivity contribution in [3.63, 3.8) is 0 Å². The maximum Gasteiger partial charge on any atom is 0.324 e. The molecular weight excluding hydrogens is 192 g/mol. The molecule has 5 nitrogen and oxygen atoms in total. The number of nitrogens with zero attached hydrogens (tertiary/aromatic N) is 1. The van der Waals surface area contributed by atoms with Crippen LogP contribution in [0.25, 0.3) is 0 Å². The normalized spacial score (nSPS) is 19.0. The molecule has 0 radical (unpaired) electrons. The van der Waals surface area contributed by atoms with Crippen LogP contribution in [0.4, 0.5) is 4.79 Å². The van der Waals surface area contributed by atoms with Crippen LogP contribution in [0.3, 0.4) is 0 Å². The van der Waals surface area contributed by atoms with E-state index in [0.717, 1.165) is 0 Å². The van der Waals surface area contributed by atoms with Crippen LogP contribution in [-0.2, 0) is 15.6 Å². The van der Waals surface area contributed by atoms with E-state index in [1.165, 1.54) is 4.90 Å². The summed E-state index contributed by atoms with van der Waals surface area (Å²) in [4.78, 5) is 23.1. The van der Waals surface area contributed by atoms with Gasteiger partial charge in [-0.2, -0.15) is 0 Å². The van der Waals surface area contributed by atoms with Crippen molar-refractivity contribution in [1.29, 1.82) is 0 Å². The third kappa shape index (κ3) is 2.80. The van der Waals surface area contributed by atoms with Gasteiger partial charge in [0.2, 0.25) is 5.91 Å². The first-order valence-corrected chi connectivity index (χ1v) is 5.56. The van der Waals surface area contributed by atoms with Gasteiger partial charge in [0.15, 0.2) is 0 Å². The van der Waals surface area contributed by atoms with Gasteiger partial charge in [0.05, 0.1) is 0 Å². The number of imide groups is 1. The Morgan fingerprint density at radius 3 is 2.69 bits per heavy atom. The zero-order valence-electron chi connectivity index (χ0n) is 7.41. The van der Waals surface area contributed by atoms with Crippen molar-refractivity contribution in [3.05, 3.63) is 0 Å². The standard InChI is InChI=1S/C7H12N2O3S/c1-2-13(12)4-3-9-5-6(10)8-7(9)11/h2-5H2,1H3,(H,8,10,11). The highest BCUT2D eigenvalue weighted by Gasteiger charge is 2.26. The number of amides is 3. The van der Waals surface area contributed by atoms with E-state index in [4.69, 9.17) is 0 Å². The van der Waals surface area contributed by atoms with E-state index in [2.05, 4.69) is 5.32 Å². The predicted octanol–water partition coefficient (Wildman–Crippen LogP) is -0.693. The van der Waals surface area contributed by atoms with Crippen LogP contribution in [0.2, 0.25) is 0 Å². The van der Waals surface area contributed by atoms with Crippen molar-refractivity contribution in [3.8, 4) is 0 Å². The smallest absolute Gasteiger partial charge is 0.314 e. The maximum absolute atomic E-state index is 11.0. The molecule has 1 unspecified atom stereocenters. The van der Waals surface area contributed by atoms with Gasteiger partial charge in [-0.15, -0.1) is 0 Å². The third-order valence-corrected chi connectivity index (χ3v) is 3.06. The van der Waals surface area contributed by atoms with Crippen molar-refractivity contribution in [2.75, 3.05) is 24.6 Å². The largest absolute Gasteiger partial charge is 0.324 e. The maximum atomic E-state index is 11.0. The Morgan fingerprint density at radius 1 is 1.54 bits per heavy atom. The van der Waals surface area contributed by atoms with E-state index >= 15 is 0 Å². The minimum atomic E-state index is -0.882. The summed E-state index contributed by atoms with van der Waals surface area (Å²) in [5.41, 5.74) is 0. The quantitative estimate of drug-likeness (QED) is 0.616. The highest BCUT2D eigenvalue weighted by molar-refractivity contribution is 7.84. The Kier molecular flexibility index (Phi) is 3.41. The number of carbonyl (C=O) groups is 2. The first-order valence-electron chi connectivity index (χ1n) is 4.07. The van der Waals surface area contributed by atoms with Gasteiger partial charge in [0.1, 0.15) is 6.54 Å². The summed E-state index contributed by atoms with van der Waals surface area (Å²) in [6, 6.07) is -0.377. The number of carbonyl (C=O) groups excluding carboxylic acids is 2. The van der Waals surface area contributed by atoms with E-state index in [0.29, 0.717) is 18.1 Å². The molecule has 1 rings (SSSR count). The zero-order chi connectivity index (χ0) is 9.84. The number of hydrogen-bond donors (Lipinski definition) is 1. The summed E-state index contributed by atoms with van der Waals surface area (Å²) >= 11 is 0. The molecule has 1 aliphatic rings. The van der Waals surface area contributed by atoms with E-state index < -0.39 is 10.8 Å². The molecule has 6 heteroatoms. The Bertz CT molecular complexity index is 254. The minimum absolute atomic E-state index is 0.0970. The highest BCUT2D eigenvalue weighted by Crippen LogP contribution is 1.97. The van der Waals surface area contributed by atoms with Gasteiger partial charge in [-0.05, 0) is 0 Å². The molecule has 1 saturated heterocycles. The second-order valence-electron chi connectivity index (χ2n) is 2.71. The summed E-state index contributed by atoms with van der Waals surface area (Å²) in [7, 11) is -0.882. The fourth-order valence-electron chi connectivity index (χ4n) is 1.02. The van der Waals surface area contributed by atoms with Gasteiger partial charge in [-0.3, -0.25) is 14.3 Å². The van der Waals surface area contributed by atoms with Crippen LogP contribution in [0.5, 0.6) is 0 Å². The Hall–Kier alpha value is -0.910. The third-order valence-electron chi connectivity index (χ3n) is 1.78. The van der Waals surface area contributed by atoms with Gasteiger partial charge < -0.3 is 4.90 Å².